The lowest BCUT2D eigenvalue weighted by molar-refractivity contribution is 0.0604. The number of aromatic nitrogens is 3. The van der Waals surface area contributed by atoms with Crippen LogP contribution in [0.4, 0.5) is 0 Å². The Balaban J connectivity index is 1.85. The second kappa shape index (κ2) is 6.22. The van der Waals surface area contributed by atoms with Gasteiger partial charge < -0.3 is 10.2 Å². The maximum Gasteiger partial charge on any atom is 0.257 e. The fraction of sp³-hybridized carbons (Fsp3) is 0.533. The molecule has 0 bridgehead atoms. The highest BCUT2D eigenvalue weighted by Crippen LogP contribution is 2.23. The van der Waals surface area contributed by atoms with Crippen LogP contribution in [0.1, 0.15) is 36.0 Å². The minimum Gasteiger partial charge on any atom is -0.335 e. The molecular formula is C15H21N5O. The van der Waals surface area contributed by atoms with Gasteiger partial charge in [-0.15, -0.1) is 0 Å². The lowest BCUT2D eigenvalue weighted by Gasteiger charge is -2.35. The molecule has 0 spiro atoms. The van der Waals surface area contributed by atoms with Gasteiger partial charge in [-0.05, 0) is 39.3 Å². The zero-order valence-corrected chi connectivity index (χ0v) is 12.3. The Morgan fingerprint density at radius 1 is 1.43 bits per heavy atom. The van der Waals surface area contributed by atoms with Crippen LogP contribution in [0.3, 0.4) is 0 Å². The van der Waals surface area contributed by atoms with Crippen LogP contribution < -0.4 is 5.32 Å². The summed E-state index contributed by atoms with van der Waals surface area (Å²) in [5, 5.41) is 7.41. The summed E-state index contributed by atoms with van der Waals surface area (Å²) in [6.07, 6.45) is 11.2. The Hall–Kier alpha value is -1.95. The van der Waals surface area contributed by atoms with E-state index < -0.39 is 0 Å². The van der Waals surface area contributed by atoms with E-state index in [0.29, 0.717) is 11.6 Å². The number of hydrogen-bond donors (Lipinski definition) is 1. The van der Waals surface area contributed by atoms with Gasteiger partial charge >= 0.3 is 0 Å². The Morgan fingerprint density at radius 3 is 3.19 bits per heavy atom. The number of carbonyl (C=O) groups excluding carboxylic acids is 1. The summed E-state index contributed by atoms with van der Waals surface area (Å²) in [6.45, 7) is 1.77. The van der Waals surface area contributed by atoms with Crippen molar-refractivity contribution in [3.8, 4) is 0 Å². The van der Waals surface area contributed by atoms with Crippen molar-refractivity contribution < 1.29 is 4.79 Å². The van der Waals surface area contributed by atoms with Gasteiger partial charge in [0.1, 0.15) is 0 Å². The first kappa shape index (κ1) is 14.0. The zero-order chi connectivity index (χ0) is 14.7. The van der Waals surface area contributed by atoms with Crippen molar-refractivity contribution in [3.05, 3.63) is 30.4 Å². The molecule has 0 saturated carbocycles. The first-order valence-electron chi connectivity index (χ1n) is 7.54. The predicted molar refractivity (Wildman–Crippen MR) is 80.2 cm³/mol. The number of carbonyl (C=O) groups is 1. The van der Waals surface area contributed by atoms with Gasteiger partial charge in [0.05, 0.1) is 23.5 Å². The maximum atomic E-state index is 12.9. The molecule has 3 rings (SSSR count). The van der Waals surface area contributed by atoms with Gasteiger partial charge in [-0.2, -0.15) is 5.10 Å². The number of hydrogen-bond acceptors (Lipinski definition) is 4. The van der Waals surface area contributed by atoms with Crippen molar-refractivity contribution in [2.45, 2.75) is 31.7 Å². The number of fused-ring (bicyclic) bond motifs is 1. The van der Waals surface area contributed by atoms with E-state index in [1.807, 2.05) is 11.9 Å². The summed E-state index contributed by atoms with van der Waals surface area (Å²) in [5.41, 5.74) is 1.43. The third-order valence-corrected chi connectivity index (χ3v) is 4.17. The molecule has 1 N–H and O–H groups in total. The Bertz CT molecular complexity index is 623. The standard InChI is InChI=1S/C15H21N5O/c1-16-6-5-12-4-2-3-8-19(12)15(21)13-10-18-20-9-7-17-11-14(13)20/h7,9-12,16H,2-6,8H2,1H3. The third-order valence-electron chi connectivity index (χ3n) is 4.17. The molecular weight excluding hydrogens is 266 g/mol. The van der Waals surface area contributed by atoms with E-state index in [9.17, 15) is 4.79 Å². The monoisotopic (exact) mass is 287 g/mol. The average molecular weight is 287 g/mol. The Kier molecular flexibility index (Phi) is 4.15. The number of rotatable bonds is 4. The molecule has 21 heavy (non-hydrogen) atoms. The molecule has 0 radical (unpaired) electrons. The SMILES string of the molecule is CNCCC1CCCCN1C(=O)c1cnn2ccncc12. The minimum atomic E-state index is 0.0822. The van der Waals surface area contributed by atoms with Gasteiger partial charge in [0.15, 0.2) is 0 Å². The van der Waals surface area contributed by atoms with Crippen molar-refractivity contribution in [1.82, 2.24) is 24.8 Å². The predicted octanol–water partition coefficient (Wildman–Crippen LogP) is 1.33. The van der Waals surface area contributed by atoms with Crippen LogP contribution in [0.5, 0.6) is 0 Å². The van der Waals surface area contributed by atoms with Crippen LogP contribution in [-0.2, 0) is 0 Å². The van der Waals surface area contributed by atoms with Gasteiger partial charge in [0.25, 0.3) is 5.91 Å². The van der Waals surface area contributed by atoms with Crippen molar-refractivity contribution in [1.29, 1.82) is 0 Å². The molecule has 0 aromatic carbocycles. The van der Waals surface area contributed by atoms with Gasteiger partial charge in [0, 0.05) is 25.0 Å². The van der Waals surface area contributed by atoms with Gasteiger partial charge in [-0.3, -0.25) is 9.78 Å². The highest BCUT2D eigenvalue weighted by Gasteiger charge is 2.28. The number of amides is 1. The van der Waals surface area contributed by atoms with E-state index in [-0.39, 0.29) is 5.91 Å². The molecule has 6 nitrogen and oxygen atoms in total. The maximum absolute atomic E-state index is 12.9. The van der Waals surface area contributed by atoms with Crippen molar-refractivity contribution in [2.75, 3.05) is 20.1 Å². The normalized spacial score (nSPS) is 19.1. The van der Waals surface area contributed by atoms with E-state index in [4.69, 9.17) is 0 Å². The summed E-state index contributed by atoms with van der Waals surface area (Å²) >= 11 is 0. The highest BCUT2D eigenvalue weighted by atomic mass is 16.2. The molecule has 1 atom stereocenters. The fourth-order valence-corrected chi connectivity index (χ4v) is 3.03. The van der Waals surface area contributed by atoms with E-state index in [1.165, 1.54) is 6.42 Å². The quantitative estimate of drug-likeness (QED) is 0.921. The molecule has 1 saturated heterocycles. The van der Waals surface area contributed by atoms with Crippen LogP contribution in [0, 0.1) is 0 Å². The second-order valence-electron chi connectivity index (χ2n) is 5.50. The molecule has 2 aromatic rings. The van der Waals surface area contributed by atoms with Crippen LogP contribution in [0.25, 0.3) is 5.52 Å². The van der Waals surface area contributed by atoms with Crippen LogP contribution in [-0.4, -0.2) is 51.6 Å². The summed E-state index contributed by atoms with van der Waals surface area (Å²) < 4.78 is 1.70. The van der Waals surface area contributed by atoms with E-state index in [2.05, 4.69) is 15.4 Å². The van der Waals surface area contributed by atoms with Crippen LogP contribution in [0.2, 0.25) is 0 Å². The average Bonchev–Trinajstić information content (AvgIpc) is 2.96. The number of likely N-dealkylation sites (tertiary alicyclic amines) is 1. The summed E-state index contributed by atoms with van der Waals surface area (Å²) in [4.78, 5) is 19.0. The molecule has 1 aliphatic heterocycles. The number of piperidine rings is 1. The summed E-state index contributed by atoms with van der Waals surface area (Å²) in [5.74, 6) is 0.0822. The van der Waals surface area contributed by atoms with Gasteiger partial charge in [0.2, 0.25) is 0 Å². The second-order valence-corrected chi connectivity index (χ2v) is 5.50. The molecule has 3 heterocycles. The van der Waals surface area contributed by atoms with E-state index in [1.54, 1.807) is 29.3 Å². The molecule has 1 amide bonds. The van der Waals surface area contributed by atoms with Crippen LogP contribution >= 0.6 is 0 Å². The van der Waals surface area contributed by atoms with Crippen molar-refractivity contribution in [2.24, 2.45) is 0 Å². The van der Waals surface area contributed by atoms with Gasteiger partial charge in [-0.25, -0.2) is 4.52 Å². The molecule has 1 fully saturated rings. The molecule has 0 aliphatic carbocycles. The van der Waals surface area contributed by atoms with E-state index in [0.717, 1.165) is 37.9 Å². The first-order valence-corrected chi connectivity index (χ1v) is 7.54. The molecule has 1 aliphatic rings. The van der Waals surface area contributed by atoms with Crippen LogP contribution in [0.15, 0.2) is 24.8 Å². The van der Waals surface area contributed by atoms with E-state index >= 15 is 0 Å². The summed E-state index contributed by atoms with van der Waals surface area (Å²) in [6, 6.07) is 0.324. The van der Waals surface area contributed by atoms with Crippen molar-refractivity contribution in [3.63, 3.8) is 0 Å². The lowest BCUT2D eigenvalue weighted by atomic mass is 9.98. The van der Waals surface area contributed by atoms with Gasteiger partial charge in [-0.1, -0.05) is 0 Å². The Labute approximate surface area is 124 Å². The third kappa shape index (κ3) is 2.76. The molecule has 6 heteroatoms. The topological polar surface area (TPSA) is 62.5 Å². The number of nitrogens with one attached hydrogen (secondary N) is 1. The molecule has 112 valence electrons. The largest absolute Gasteiger partial charge is 0.335 e. The first-order chi connectivity index (χ1) is 10.3. The summed E-state index contributed by atoms with van der Waals surface area (Å²) in [7, 11) is 1.95. The number of nitrogens with zero attached hydrogens (tertiary/aromatic N) is 4. The van der Waals surface area contributed by atoms with Crippen molar-refractivity contribution >= 4 is 11.4 Å². The minimum absolute atomic E-state index is 0.0822. The smallest absolute Gasteiger partial charge is 0.257 e. The lowest BCUT2D eigenvalue weighted by Crippen LogP contribution is -2.44. The molecule has 1 unspecified atom stereocenters. The Morgan fingerprint density at radius 2 is 2.33 bits per heavy atom. The fourth-order valence-electron chi connectivity index (χ4n) is 3.03. The molecule has 2 aromatic heterocycles. The zero-order valence-electron chi connectivity index (χ0n) is 12.3. The highest BCUT2D eigenvalue weighted by molar-refractivity contribution is 6.00.